The molecule has 0 spiro atoms. The molecule has 0 radical (unpaired) electrons. The third kappa shape index (κ3) is 1.67. The molecule has 3 heterocycles. The molecule has 8 heteroatoms. The number of hydrogen-bond donors (Lipinski definition) is 0. The van der Waals surface area contributed by atoms with Crippen LogP contribution in [-0.4, -0.2) is 34.4 Å². The van der Waals surface area contributed by atoms with Crippen LogP contribution in [0.3, 0.4) is 0 Å². The van der Waals surface area contributed by atoms with Gasteiger partial charge in [0, 0.05) is 6.20 Å². The van der Waals surface area contributed by atoms with Gasteiger partial charge >= 0.3 is 5.69 Å². The predicted molar refractivity (Wildman–Crippen MR) is 62.0 cm³/mol. The molecule has 0 aromatic carbocycles. The lowest BCUT2D eigenvalue weighted by atomic mass is 10.5. The van der Waals surface area contributed by atoms with Gasteiger partial charge in [-0.3, -0.25) is 4.40 Å². The van der Waals surface area contributed by atoms with Crippen molar-refractivity contribution in [1.82, 2.24) is 34.4 Å². The third-order valence-corrected chi connectivity index (χ3v) is 2.72. The minimum Gasteiger partial charge on any atom is -0.250 e. The van der Waals surface area contributed by atoms with Crippen LogP contribution in [0.1, 0.15) is 5.82 Å². The fraction of sp³-hybridized carbons (Fsp3) is 0.300. The van der Waals surface area contributed by atoms with Gasteiger partial charge < -0.3 is 0 Å². The van der Waals surface area contributed by atoms with E-state index in [1.807, 2.05) is 13.0 Å². The first kappa shape index (κ1) is 10.6. The lowest BCUT2D eigenvalue weighted by Crippen LogP contribution is -2.23. The Bertz CT molecular complexity index is 738. The molecule has 0 aliphatic heterocycles. The summed E-state index contributed by atoms with van der Waals surface area (Å²) in [5.41, 5.74) is 0.479. The SMILES string of the molecule is Cc1nnnn1CCn1nc2ccccn2c1=O. The Kier molecular flexibility index (Phi) is 2.40. The number of pyridine rings is 1. The van der Waals surface area contributed by atoms with Gasteiger partial charge in [0.25, 0.3) is 0 Å². The van der Waals surface area contributed by atoms with E-state index in [1.165, 1.54) is 9.08 Å². The minimum atomic E-state index is -0.156. The zero-order valence-electron chi connectivity index (χ0n) is 9.76. The average molecular weight is 245 g/mol. The molecule has 8 nitrogen and oxygen atoms in total. The summed E-state index contributed by atoms with van der Waals surface area (Å²) in [6.45, 7) is 2.77. The molecule has 0 bridgehead atoms. The molecule has 0 aliphatic rings. The Labute approximate surface area is 101 Å². The molecule has 92 valence electrons. The Morgan fingerprint density at radius 3 is 2.78 bits per heavy atom. The summed E-state index contributed by atoms with van der Waals surface area (Å²) < 4.78 is 4.55. The summed E-state index contributed by atoms with van der Waals surface area (Å²) in [6.07, 6.45) is 1.70. The highest BCUT2D eigenvalue weighted by atomic mass is 16.2. The molecule has 0 unspecified atom stereocenters. The van der Waals surface area contributed by atoms with Gasteiger partial charge in [0.05, 0.1) is 13.1 Å². The molecule has 0 amide bonds. The van der Waals surface area contributed by atoms with E-state index in [0.717, 1.165) is 0 Å². The van der Waals surface area contributed by atoms with Crippen molar-refractivity contribution in [2.45, 2.75) is 20.0 Å². The smallest absolute Gasteiger partial charge is 0.250 e. The molecule has 3 rings (SSSR count). The number of tetrazole rings is 1. The van der Waals surface area contributed by atoms with Crippen molar-refractivity contribution in [1.29, 1.82) is 0 Å². The molecule has 0 aliphatic carbocycles. The molecule has 0 saturated heterocycles. The molecular formula is C10H11N7O. The summed E-state index contributed by atoms with van der Waals surface area (Å²) in [7, 11) is 0. The van der Waals surface area contributed by atoms with Gasteiger partial charge in [0.2, 0.25) is 0 Å². The summed E-state index contributed by atoms with van der Waals surface area (Å²) in [4.78, 5) is 12.0. The standard InChI is InChI=1S/C10H11N7O/c1-8-11-13-14-16(8)6-7-17-10(18)15-5-3-2-4-9(15)12-17/h2-5H,6-7H2,1H3. The molecule has 18 heavy (non-hydrogen) atoms. The lowest BCUT2D eigenvalue weighted by Gasteiger charge is -2.00. The van der Waals surface area contributed by atoms with Crippen molar-refractivity contribution in [2.75, 3.05) is 0 Å². The van der Waals surface area contributed by atoms with Crippen molar-refractivity contribution in [2.24, 2.45) is 0 Å². The normalized spacial score (nSPS) is 11.2. The van der Waals surface area contributed by atoms with Crippen LogP contribution in [0, 0.1) is 6.92 Å². The van der Waals surface area contributed by atoms with Crippen LogP contribution in [0.2, 0.25) is 0 Å². The van der Waals surface area contributed by atoms with E-state index in [1.54, 1.807) is 23.0 Å². The van der Waals surface area contributed by atoms with Crippen molar-refractivity contribution in [3.63, 3.8) is 0 Å². The fourth-order valence-corrected chi connectivity index (χ4v) is 1.76. The van der Waals surface area contributed by atoms with E-state index in [2.05, 4.69) is 20.6 Å². The second-order valence-corrected chi connectivity index (χ2v) is 3.88. The van der Waals surface area contributed by atoms with Crippen LogP contribution in [0.25, 0.3) is 5.65 Å². The van der Waals surface area contributed by atoms with Crippen molar-refractivity contribution < 1.29 is 0 Å². The second-order valence-electron chi connectivity index (χ2n) is 3.88. The van der Waals surface area contributed by atoms with Crippen LogP contribution in [0.4, 0.5) is 0 Å². The molecule has 0 atom stereocenters. The Balaban J connectivity index is 1.89. The van der Waals surface area contributed by atoms with Gasteiger partial charge in [0.15, 0.2) is 5.65 Å². The maximum absolute atomic E-state index is 12.0. The summed E-state index contributed by atoms with van der Waals surface area (Å²) >= 11 is 0. The van der Waals surface area contributed by atoms with Gasteiger partial charge in [0.1, 0.15) is 5.82 Å². The van der Waals surface area contributed by atoms with Crippen LogP contribution in [0.5, 0.6) is 0 Å². The third-order valence-electron chi connectivity index (χ3n) is 2.72. The largest absolute Gasteiger partial charge is 0.350 e. The predicted octanol–water partition coefficient (Wildman–Crippen LogP) is -0.509. The van der Waals surface area contributed by atoms with Crippen molar-refractivity contribution >= 4 is 5.65 Å². The zero-order valence-corrected chi connectivity index (χ0v) is 9.76. The van der Waals surface area contributed by atoms with Crippen LogP contribution in [0.15, 0.2) is 29.2 Å². The molecule has 0 saturated carbocycles. The molecule has 3 aromatic heterocycles. The number of fused-ring (bicyclic) bond motifs is 1. The first-order valence-corrected chi connectivity index (χ1v) is 5.53. The van der Waals surface area contributed by atoms with E-state index in [0.29, 0.717) is 24.6 Å². The fourth-order valence-electron chi connectivity index (χ4n) is 1.76. The van der Waals surface area contributed by atoms with E-state index < -0.39 is 0 Å². The number of rotatable bonds is 3. The Hall–Kier alpha value is -2.51. The monoisotopic (exact) mass is 245 g/mol. The van der Waals surface area contributed by atoms with E-state index in [9.17, 15) is 4.79 Å². The summed E-state index contributed by atoms with van der Waals surface area (Å²) in [5.74, 6) is 0.715. The van der Waals surface area contributed by atoms with Crippen molar-refractivity contribution in [3.05, 3.63) is 40.7 Å². The van der Waals surface area contributed by atoms with Gasteiger partial charge in [-0.05, 0) is 29.5 Å². The lowest BCUT2D eigenvalue weighted by molar-refractivity contribution is 0.473. The topological polar surface area (TPSA) is 82.9 Å². The van der Waals surface area contributed by atoms with Crippen LogP contribution < -0.4 is 5.69 Å². The number of aryl methyl sites for hydroxylation is 3. The van der Waals surface area contributed by atoms with Crippen LogP contribution >= 0.6 is 0 Å². The van der Waals surface area contributed by atoms with Gasteiger partial charge in [-0.15, -0.1) is 10.2 Å². The Morgan fingerprint density at radius 1 is 1.22 bits per heavy atom. The number of aromatic nitrogens is 7. The quantitative estimate of drug-likeness (QED) is 0.620. The van der Waals surface area contributed by atoms with E-state index in [-0.39, 0.29) is 5.69 Å². The second kappa shape index (κ2) is 4.06. The Morgan fingerprint density at radius 2 is 2.06 bits per heavy atom. The number of hydrogen-bond acceptors (Lipinski definition) is 5. The average Bonchev–Trinajstić information content (AvgIpc) is 2.92. The van der Waals surface area contributed by atoms with Gasteiger partial charge in [-0.2, -0.15) is 0 Å². The maximum atomic E-state index is 12.0. The highest BCUT2D eigenvalue weighted by Crippen LogP contribution is 1.96. The molecule has 3 aromatic rings. The van der Waals surface area contributed by atoms with Gasteiger partial charge in [-0.1, -0.05) is 6.07 Å². The minimum absolute atomic E-state index is 0.156. The van der Waals surface area contributed by atoms with Gasteiger partial charge in [-0.25, -0.2) is 14.2 Å². The molecule has 0 fully saturated rings. The molecule has 0 N–H and O–H groups in total. The van der Waals surface area contributed by atoms with Crippen LogP contribution in [-0.2, 0) is 13.1 Å². The zero-order chi connectivity index (χ0) is 12.5. The van der Waals surface area contributed by atoms with E-state index >= 15 is 0 Å². The number of nitrogens with zero attached hydrogens (tertiary/aromatic N) is 7. The summed E-state index contributed by atoms with van der Waals surface area (Å²) in [5, 5.41) is 15.4. The maximum Gasteiger partial charge on any atom is 0.350 e. The highest BCUT2D eigenvalue weighted by molar-refractivity contribution is 5.35. The van der Waals surface area contributed by atoms with Crippen molar-refractivity contribution in [3.8, 4) is 0 Å². The van der Waals surface area contributed by atoms with E-state index in [4.69, 9.17) is 0 Å². The first-order valence-electron chi connectivity index (χ1n) is 5.53. The molecular weight excluding hydrogens is 234 g/mol. The first-order chi connectivity index (χ1) is 8.75. The highest BCUT2D eigenvalue weighted by Gasteiger charge is 2.07. The summed E-state index contributed by atoms with van der Waals surface area (Å²) in [6, 6.07) is 5.43.